The molecule has 2 heteroatoms. The summed E-state index contributed by atoms with van der Waals surface area (Å²) in [5, 5.41) is 0.809. The molecule has 2 atom stereocenters. The standard InChI is InChI=1S/C11H21NS/c1-4-6-7-12-8-9-13-10(3)11(12)5-2/h4,6,10-11H,5,7-9H2,1-3H3/b6-4+. The van der Waals surface area contributed by atoms with Crippen molar-refractivity contribution in [3.8, 4) is 0 Å². The van der Waals surface area contributed by atoms with Crippen LogP contribution in [0.1, 0.15) is 27.2 Å². The Balaban J connectivity index is 2.48. The van der Waals surface area contributed by atoms with Crippen LogP contribution in [0.3, 0.4) is 0 Å². The van der Waals surface area contributed by atoms with Crippen molar-refractivity contribution in [2.24, 2.45) is 0 Å². The van der Waals surface area contributed by atoms with Gasteiger partial charge in [-0.3, -0.25) is 4.90 Å². The number of hydrogen-bond donors (Lipinski definition) is 0. The van der Waals surface area contributed by atoms with Crippen molar-refractivity contribution < 1.29 is 0 Å². The van der Waals surface area contributed by atoms with Crippen molar-refractivity contribution in [3.05, 3.63) is 12.2 Å². The van der Waals surface area contributed by atoms with Crippen LogP contribution in [-0.4, -0.2) is 35.0 Å². The summed E-state index contributed by atoms with van der Waals surface area (Å²) >= 11 is 2.12. The molecule has 0 aliphatic carbocycles. The number of nitrogens with zero attached hydrogens (tertiary/aromatic N) is 1. The van der Waals surface area contributed by atoms with Gasteiger partial charge in [0.2, 0.25) is 0 Å². The monoisotopic (exact) mass is 199 g/mol. The maximum absolute atomic E-state index is 2.61. The van der Waals surface area contributed by atoms with Crippen molar-refractivity contribution >= 4 is 11.8 Å². The number of allylic oxidation sites excluding steroid dienone is 1. The van der Waals surface area contributed by atoms with Crippen LogP contribution in [0.5, 0.6) is 0 Å². The lowest BCUT2D eigenvalue weighted by Crippen LogP contribution is -2.46. The van der Waals surface area contributed by atoms with Crippen LogP contribution >= 0.6 is 11.8 Å². The van der Waals surface area contributed by atoms with E-state index in [0.29, 0.717) is 0 Å². The number of rotatable bonds is 3. The molecule has 0 aromatic carbocycles. The second-order valence-corrected chi connectivity index (χ2v) is 5.10. The number of thioether (sulfide) groups is 1. The predicted octanol–water partition coefficient (Wildman–Crippen LogP) is 2.78. The van der Waals surface area contributed by atoms with Crippen molar-refractivity contribution in [3.63, 3.8) is 0 Å². The highest BCUT2D eigenvalue weighted by molar-refractivity contribution is 8.00. The topological polar surface area (TPSA) is 3.24 Å². The summed E-state index contributed by atoms with van der Waals surface area (Å²) in [5.41, 5.74) is 0. The first kappa shape index (κ1) is 11.1. The fraction of sp³-hybridized carbons (Fsp3) is 0.818. The van der Waals surface area contributed by atoms with Crippen molar-refractivity contribution in [2.75, 3.05) is 18.8 Å². The lowest BCUT2D eigenvalue weighted by atomic mass is 10.1. The van der Waals surface area contributed by atoms with Crippen molar-refractivity contribution in [2.45, 2.75) is 38.5 Å². The SMILES string of the molecule is C/C=C/CN1CCSC(C)C1CC. The van der Waals surface area contributed by atoms with E-state index < -0.39 is 0 Å². The van der Waals surface area contributed by atoms with Gasteiger partial charge in [-0.05, 0) is 13.3 Å². The molecule has 0 radical (unpaired) electrons. The third kappa shape index (κ3) is 3.03. The Morgan fingerprint density at radius 3 is 2.92 bits per heavy atom. The highest BCUT2D eigenvalue weighted by Crippen LogP contribution is 2.26. The van der Waals surface area contributed by atoms with Crippen LogP contribution in [0.25, 0.3) is 0 Å². The largest absolute Gasteiger partial charge is 0.295 e. The zero-order valence-electron chi connectivity index (χ0n) is 8.99. The van der Waals surface area contributed by atoms with Gasteiger partial charge in [-0.25, -0.2) is 0 Å². The smallest absolute Gasteiger partial charge is 0.0213 e. The Morgan fingerprint density at radius 2 is 2.31 bits per heavy atom. The Bertz CT molecular complexity index is 167. The Kier molecular flexibility index (Phi) is 4.89. The molecular weight excluding hydrogens is 178 g/mol. The third-order valence-electron chi connectivity index (χ3n) is 2.76. The van der Waals surface area contributed by atoms with Crippen LogP contribution in [0.2, 0.25) is 0 Å². The van der Waals surface area contributed by atoms with E-state index in [9.17, 15) is 0 Å². The molecule has 0 saturated carbocycles. The molecule has 0 aromatic rings. The fourth-order valence-electron chi connectivity index (χ4n) is 1.99. The van der Waals surface area contributed by atoms with E-state index in [0.717, 1.165) is 17.8 Å². The first-order valence-electron chi connectivity index (χ1n) is 5.26. The molecule has 0 N–H and O–H groups in total. The van der Waals surface area contributed by atoms with E-state index in [1.54, 1.807) is 0 Å². The van der Waals surface area contributed by atoms with Crippen molar-refractivity contribution in [1.29, 1.82) is 0 Å². The molecule has 0 spiro atoms. The summed E-state index contributed by atoms with van der Waals surface area (Å²) in [4.78, 5) is 2.61. The molecule has 13 heavy (non-hydrogen) atoms. The first-order chi connectivity index (χ1) is 6.29. The van der Waals surface area contributed by atoms with Crippen LogP contribution in [0, 0.1) is 0 Å². The normalized spacial score (nSPS) is 31.3. The molecule has 1 aliphatic rings. The van der Waals surface area contributed by atoms with Gasteiger partial charge >= 0.3 is 0 Å². The Morgan fingerprint density at radius 1 is 1.54 bits per heavy atom. The average Bonchev–Trinajstić information content (AvgIpc) is 2.15. The van der Waals surface area contributed by atoms with Crippen LogP contribution < -0.4 is 0 Å². The van der Waals surface area contributed by atoms with Gasteiger partial charge in [-0.2, -0.15) is 11.8 Å². The average molecular weight is 199 g/mol. The van der Waals surface area contributed by atoms with Crippen LogP contribution in [0.4, 0.5) is 0 Å². The third-order valence-corrected chi connectivity index (χ3v) is 4.02. The molecule has 1 rings (SSSR count). The minimum atomic E-state index is 0.787. The van der Waals surface area contributed by atoms with Gasteiger partial charge in [0.1, 0.15) is 0 Å². The van der Waals surface area contributed by atoms with Crippen LogP contribution in [-0.2, 0) is 0 Å². The summed E-state index contributed by atoms with van der Waals surface area (Å²) in [6.45, 7) is 9.16. The molecule has 1 nitrogen and oxygen atoms in total. The second-order valence-electron chi connectivity index (χ2n) is 3.62. The highest BCUT2D eigenvalue weighted by Gasteiger charge is 2.26. The van der Waals surface area contributed by atoms with Gasteiger partial charge in [-0.15, -0.1) is 0 Å². The molecular formula is C11H21NS. The zero-order valence-corrected chi connectivity index (χ0v) is 9.81. The van der Waals surface area contributed by atoms with Gasteiger partial charge in [0.15, 0.2) is 0 Å². The number of hydrogen-bond acceptors (Lipinski definition) is 2. The maximum atomic E-state index is 2.61. The zero-order chi connectivity index (χ0) is 9.68. The molecule has 1 fully saturated rings. The van der Waals surface area contributed by atoms with Crippen LogP contribution in [0.15, 0.2) is 12.2 Å². The second kappa shape index (κ2) is 5.71. The Hall–Kier alpha value is 0.0500. The fourth-order valence-corrected chi connectivity index (χ4v) is 3.29. The lowest BCUT2D eigenvalue weighted by molar-refractivity contribution is 0.215. The van der Waals surface area contributed by atoms with Gasteiger partial charge in [0.25, 0.3) is 0 Å². The maximum Gasteiger partial charge on any atom is 0.0213 e. The highest BCUT2D eigenvalue weighted by atomic mass is 32.2. The van der Waals surface area contributed by atoms with E-state index in [4.69, 9.17) is 0 Å². The molecule has 0 aromatic heterocycles. The molecule has 1 heterocycles. The van der Waals surface area contributed by atoms with Gasteiger partial charge in [-0.1, -0.05) is 26.0 Å². The Labute approximate surface area is 86.6 Å². The molecule has 1 aliphatic heterocycles. The van der Waals surface area contributed by atoms with E-state index in [2.05, 4.69) is 49.6 Å². The first-order valence-corrected chi connectivity index (χ1v) is 6.31. The summed E-state index contributed by atoms with van der Waals surface area (Å²) in [5.74, 6) is 1.30. The molecule has 2 unspecified atom stereocenters. The summed E-state index contributed by atoms with van der Waals surface area (Å²) in [7, 11) is 0. The van der Waals surface area contributed by atoms with E-state index in [1.807, 2.05) is 0 Å². The van der Waals surface area contributed by atoms with E-state index in [1.165, 1.54) is 18.7 Å². The van der Waals surface area contributed by atoms with E-state index in [-0.39, 0.29) is 0 Å². The quantitative estimate of drug-likeness (QED) is 0.643. The van der Waals surface area contributed by atoms with Gasteiger partial charge in [0.05, 0.1) is 0 Å². The van der Waals surface area contributed by atoms with Gasteiger partial charge in [0, 0.05) is 30.1 Å². The molecule has 0 amide bonds. The summed E-state index contributed by atoms with van der Waals surface area (Å²) in [6.07, 6.45) is 5.70. The molecule has 1 saturated heterocycles. The lowest BCUT2D eigenvalue weighted by Gasteiger charge is -2.38. The van der Waals surface area contributed by atoms with E-state index >= 15 is 0 Å². The molecule has 76 valence electrons. The summed E-state index contributed by atoms with van der Waals surface area (Å²) in [6, 6.07) is 0.787. The van der Waals surface area contributed by atoms with Gasteiger partial charge < -0.3 is 0 Å². The minimum absolute atomic E-state index is 0.787. The minimum Gasteiger partial charge on any atom is -0.295 e. The summed E-state index contributed by atoms with van der Waals surface area (Å²) < 4.78 is 0. The predicted molar refractivity (Wildman–Crippen MR) is 62.4 cm³/mol. The molecule has 0 bridgehead atoms. The van der Waals surface area contributed by atoms with Crippen molar-refractivity contribution in [1.82, 2.24) is 4.90 Å².